The molecule has 202 valence electrons. The first-order chi connectivity index (χ1) is 18.5. The topological polar surface area (TPSA) is 58.6 Å². The number of hydrogen-bond donors (Lipinski definition) is 1. The minimum absolute atomic E-state index is 0.221. The molecule has 9 heteroatoms. The molecule has 3 aromatic carbocycles. The lowest BCUT2D eigenvalue weighted by molar-refractivity contribution is -0.137. The first-order valence-electron chi connectivity index (χ1n) is 12.8. The summed E-state index contributed by atoms with van der Waals surface area (Å²) in [6, 6.07) is 14.6. The highest BCUT2D eigenvalue weighted by Crippen LogP contribution is 2.58. The van der Waals surface area contributed by atoms with E-state index >= 15 is 0 Å². The number of ether oxygens (including phenoxy) is 1. The van der Waals surface area contributed by atoms with E-state index in [4.69, 9.17) is 4.74 Å². The Kier molecular flexibility index (Phi) is 5.75. The number of benzene rings is 3. The van der Waals surface area contributed by atoms with Crippen molar-refractivity contribution in [1.29, 1.82) is 0 Å². The van der Waals surface area contributed by atoms with E-state index < -0.39 is 35.0 Å². The molecule has 0 saturated heterocycles. The first-order valence-corrected chi connectivity index (χ1v) is 12.8. The van der Waals surface area contributed by atoms with Crippen molar-refractivity contribution in [2.75, 3.05) is 18.6 Å². The van der Waals surface area contributed by atoms with Crippen LogP contribution in [0.5, 0.6) is 0 Å². The molecule has 0 aromatic heterocycles. The molecule has 2 aliphatic carbocycles. The van der Waals surface area contributed by atoms with Crippen LogP contribution in [-0.4, -0.2) is 25.5 Å². The molecule has 0 bridgehead atoms. The lowest BCUT2D eigenvalue weighted by Gasteiger charge is -2.24. The van der Waals surface area contributed by atoms with Crippen molar-refractivity contribution in [2.45, 2.75) is 49.4 Å². The van der Waals surface area contributed by atoms with Crippen LogP contribution in [0.25, 0.3) is 0 Å². The molecule has 39 heavy (non-hydrogen) atoms. The summed E-state index contributed by atoms with van der Waals surface area (Å²) in [5.41, 5.74) is 2.00. The number of amides is 1. The number of rotatable bonds is 6. The van der Waals surface area contributed by atoms with Gasteiger partial charge in [-0.05, 0) is 78.8 Å². The molecule has 0 atom stereocenters. The standard InChI is InChI=1S/C30H26F4N2O3/c1-39-27(38)19-4-8-20(9-5-19)29(12-13-29)35-26(37)23-14-22(31)15-24-25(23)36(17-28(24)10-11-28)16-18-2-6-21(7-3-18)30(32,33)34/h2-9,14-15H,10-13,16-17H2,1H3,(H,35,37). The molecule has 1 heterocycles. The largest absolute Gasteiger partial charge is 0.465 e. The van der Waals surface area contributed by atoms with Crippen molar-refractivity contribution in [2.24, 2.45) is 0 Å². The Morgan fingerprint density at radius 1 is 0.974 bits per heavy atom. The Bertz CT molecular complexity index is 1460. The first kappa shape index (κ1) is 25.4. The summed E-state index contributed by atoms with van der Waals surface area (Å²) < 4.78 is 58.7. The molecule has 2 fully saturated rings. The Hall–Kier alpha value is -3.88. The van der Waals surface area contributed by atoms with Crippen molar-refractivity contribution < 1.29 is 31.9 Å². The van der Waals surface area contributed by atoms with E-state index in [1.807, 2.05) is 4.90 Å². The number of halogens is 4. The average molecular weight is 539 g/mol. The highest BCUT2D eigenvalue weighted by molar-refractivity contribution is 6.02. The maximum atomic E-state index is 14.8. The normalized spacial score (nSPS) is 18.0. The average Bonchev–Trinajstić information content (AvgIpc) is 3.83. The SMILES string of the molecule is COC(=O)c1ccc(C2(NC(=O)c3cc(F)cc4c3N(Cc3ccc(C(F)(F)F)cc3)CC43CC3)CC2)cc1. The number of hydrogen-bond acceptors (Lipinski definition) is 4. The highest BCUT2D eigenvalue weighted by atomic mass is 19.4. The molecule has 0 unspecified atom stereocenters. The second-order valence-electron chi connectivity index (χ2n) is 10.8. The fourth-order valence-electron chi connectivity index (χ4n) is 5.72. The minimum Gasteiger partial charge on any atom is -0.465 e. The Morgan fingerprint density at radius 2 is 1.64 bits per heavy atom. The molecule has 1 aliphatic heterocycles. The predicted octanol–water partition coefficient (Wildman–Crippen LogP) is 6.10. The van der Waals surface area contributed by atoms with E-state index in [1.165, 1.54) is 31.4 Å². The maximum Gasteiger partial charge on any atom is 0.416 e. The van der Waals surface area contributed by atoms with Gasteiger partial charge in [0.2, 0.25) is 0 Å². The number of methoxy groups -OCH3 is 1. The van der Waals surface area contributed by atoms with Crippen LogP contribution in [-0.2, 0) is 28.4 Å². The third kappa shape index (κ3) is 4.53. The number of nitrogens with zero attached hydrogens (tertiary/aromatic N) is 1. The lowest BCUT2D eigenvalue weighted by atomic mass is 9.95. The molecular weight excluding hydrogens is 512 g/mol. The van der Waals surface area contributed by atoms with Gasteiger partial charge in [-0.2, -0.15) is 13.2 Å². The number of carbonyl (C=O) groups excluding carboxylic acids is 2. The minimum atomic E-state index is -4.42. The van der Waals surface area contributed by atoms with Gasteiger partial charge in [-0.1, -0.05) is 24.3 Å². The van der Waals surface area contributed by atoms with Crippen molar-refractivity contribution >= 4 is 17.6 Å². The summed E-state index contributed by atoms with van der Waals surface area (Å²) in [7, 11) is 1.31. The smallest absolute Gasteiger partial charge is 0.416 e. The predicted molar refractivity (Wildman–Crippen MR) is 136 cm³/mol. The molecular formula is C30H26F4N2O3. The van der Waals surface area contributed by atoms with Gasteiger partial charge in [0.15, 0.2) is 0 Å². The number of carbonyl (C=O) groups is 2. The van der Waals surface area contributed by atoms with Gasteiger partial charge in [0.25, 0.3) is 5.91 Å². The van der Waals surface area contributed by atoms with Crippen LogP contribution in [0.3, 0.4) is 0 Å². The monoisotopic (exact) mass is 538 g/mol. The van der Waals surface area contributed by atoms with Crippen LogP contribution in [0.4, 0.5) is 23.2 Å². The van der Waals surface area contributed by atoms with Gasteiger partial charge >= 0.3 is 12.1 Å². The summed E-state index contributed by atoms with van der Waals surface area (Å²) in [4.78, 5) is 27.5. The van der Waals surface area contributed by atoms with Crippen molar-refractivity contribution in [3.8, 4) is 0 Å². The summed E-state index contributed by atoms with van der Waals surface area (Å²) in [6.45, 7) is 0.881. The van der Waals surface area contributed by atoms with E-state index in [9.17, 15) is 27.2 Å². The van der Waals surface area contributed by atoms with Crippen LogP contribution in [0.1, 0.15) is 68.7 Å². The summed E-state index contributed by atoms with van der Waals surface area (Å²) >= 11 is 0. The second kappa shape index (κ2) is 8.83. The van der Waals surface area contributed by atoms with Crippen LogP contribution >= 0.6 is 0 Å². The molecule has 6 rings (SSSR count). The summed E-state index contributed by atoms with van der Waals surface area (Å²) in [5, 5.41) is 3.10. The van der Waals surface area contributed by atoms with Gasteiger partial charge < -0.3 is 15.0 Å². The van der Waals surface area contributed by atoms with E-state index in [0.717, 1.165) is 36.1 Å². The summed E-state index contributed by atoms with van der Waals surface area (Å²) in [5.74, 6) is -1.35. The zero-order valence-corrected chi connectivity index (χ0v) is 21.2. The van der Waals surface area contributed by atoms with Crippen LogP contribution < -0.4 is 10.2 Å². The third-order valence-electron chi connectivity index (χ3n) is 8.17. The van der Waals surface area contributed by atoms with Gasteiger partial charge in [-0.3, -0.25) is 4.79 Å². The second-order valence-corrected chi connectivity index (χ2v) is 10.8. The van der Waals surface area contributed by atoms with Crippen molar-refractivity contribution in [1.82, 2.24) is 5.32 Å². The molecule has 0 radical (unpaired) electrons. The van der Waals surface area contributed by atoms with Crippen LogP contribution in [0.2, 0.25) is 0 Å². The Balaban J connectivity index is 1.29. The molecule has 2 saturated carbocycles. The molecule has 3 aliphatic rings. The zero-order chi connectivity index (χ0) is 27.6. The van der Waals surface area contributed by atoms with Crippen molar-refractivity contribution in [3.05, 3.63) is 99.9 Å². The zero-order valence-electron chi connectivity index (χ0n) is 21.2. The van der Waals surface area contributed by atoms with Crippen LogP contribution in [0, 0.1) is 5.82 Å². The molecule has 1 amide bonds. The maximum absolute atomic E-state index is 14.8. The number of anilines is 1. The molecule has 1 spiro atoms. The quantitative estimate of drug-likeness (QED) is 0.304. The van der Waals surface area contributed by atoms with Gasteiger partial charge in [0.1, 0.15) is 5.82 Å². The molecule has 5 nitrogen and oxygen atoms in total. The van der Waals surface area contributed by atoms with Crippen LogP contribution in [0.15, 0.2) is 60.7 Å². The number of alkyl halides is 3. The number of fused-ring (bicyclic) bond motifs is 2. The van der Waals surface area contributed by atoms with Gasteiger partial charge in [0, 0.05) is 18.5 Å². The van der Waals surface area contributed by atoms with E-state index in [-0.39, 0.29) is 11.0 Å². The van der Waals surface area contributed by atoms with E-state index in [2.05, 4.69) is 5.32 Å². The lowest BCUT2D eigenvalue weighted by Crippen LogP contribution is -2.36. The van der Waals surface area contributed by atoms with Gasteiger partial charge in [-0.15, -0.1) is 0 Å². The number of nitrogens with one attached hydrogen (secondary N) is 1. The fraction of sp³-hybridized carbons (Fsp3) is 0.333. The molecule has 1 N–H and O–H groups in total. The Morgan fingerprint density at radius 3 is 2.21 bits per heavy atom. The van der Waals surface area contributed by atoms with Crippen molar-refractivity contribution in [3.63, 3.8) is 0 Å². The van der Waals surface area contributed by atoms with E-state index in [1.54, 1.807) is 24.3 Å². The fourth-order valence-corrected chi connectivity index (χ4v) is 5.72. The molecule has 3 aromatic rings. The number of esters is 1. The van der Waals surface area contributed by atoms with Gasteiger partial charge in [-0.25, -0.2) is 9.18 Å². The van der Waals surface area contributed by atoms with Gasteiger partial charge in [0.05, 0.1) is 35.0 Å². The third-order valence-corrected chi connectivity index (χ3v) is 8.17. The highest BCUT2D eigenvalue weighted by Gasteiger charge is 2.53. The summed E-state index contributed by atoms with van der Waals surface area (Å²) in [6.07, 6.45) is -1.28. The van der Waals surface area contributed by atoms with E-state index in [0.29, 0.717) is 42.7 Å². The Labute approximate surface area is 222 Å².